The Morgan fingerprint density at radius 3 is 2.65 bits per heavy atom. The molecule has 0 spiro atoms. The van der Waals surface area contributed by atoms with Crippen LogP contribution in [0.4, 0.5) is 5.82 Å². The van der Waals surface area contributed by atoms with E-state index in [1.165, 1.54) is 0 Å². The Bertz CT molecular complexity index is 944. The molecule has 0 aliphatic heterocycles. The van der Waals surface area contributed by atoms with E-state index in [1.54, 1.807) is 6.20 Å². The Morgan fingerprint density at radius 2 is 1.92 bits per heavy atom. The van der Waals surface area contributed by atoms with Crippen LogP contribution in [-0.2, 0) is 6.54 Å². The number of halogens is 3. The summed E-state index contributed by atoms with van der Waals surface area (Å²) in [5, 5.41) is 7.35. The maximum absolute atomic E-state index is 5.91. The topological polar surface area (TPSA) is 50.1 Å². The van der Waals surface area contributed by atoms with Gasteiger partial charge in [0.05, 0.1) is 11.0 Å². The molecule has 2 heterocycles. The second kappa shape index (κ2) is 8.52. The largest absolute Gasteiger partial charge is 0.459 e. The fourth-order valence-corrected chi connectivity index (χ4v) is 3.48. The van der Waals surface area contributed by atoms with E-state index in [0.29, 0.717) is 22.5 Å². The third kappa shape index (κ3) is 4.65. The zero-order chi connectivity index (χ0) is 18.7. The molecule has 1 aromatic carbocycles. The van der Waals surface area contributed by atoms with Crippen LogP contribution < -0.4 is 10.6 Å². The van der Waals surface area contributed by atoms with E-state index in [2.05, 4.69) is 47.5 Å². The molecule has 26 heavy (non-hydrogen) atoms. The number of nitrogens with one attached hydrogen (secondary N) is 2. The normalized spacial score (nSPS) is 10.6. The zero-order valence-electron chi connectivity index (χ0n) is 13.6. The summed E-state index contributed by atoms with van der Waals surface area (Å²) in [6.45, 7) is 2.45. The summed E-state index contributed by atoms with van der Waals surface area (Å²) >= 11 is 18.2. The molecule has 0 unspecified atom stereocenters. The van der Waals surface area contributed by atoms with E-state index in [-0.39, 0.29) is 0 Å². The number of nitrogens with zero attached hydrogens (tertiary/aromatic N) is 1. The first-order valence-electron chi connectivity index (χ1n) is 7.64. The van der Waals surface area contributed by atoms with Gasteiger partial charge < -0.3 is 15.1 Å². The van der Waals surface area contributed by atoms with Crippen molar-refractivity contribution in [2.45, 2.75) is 13.5 Å². The number of hydrogen-bond acceptors (Lipinski definition) is 3. The van der Waals surface area contributed by atoms with Gasteiger partial charge in [0.2, 0.25) is 0 Å². The van der Waals surface area contributed by atoms with Crippen molar-refractivity contribution in [1.82, 2.24) is 10.3 Å². The highest BCUT2D eigenvalue weighted by molar-refractivity contribution is 9.11. The van der Waals surface area contributed by atoms with Crippen molar-refractivity contribution in [3.05, 3.63) is 67.9 Å². The van der Waals surface area contributed by atoms with E-state index in [0.717, 1.165) is 31.6 Å². The quantitative estimate of drug-likeness (QED) is 0.399. The lowest BCUT2D eigenvalue weighted by atomic mass is 10.2. The number of pyridine rings is 1. The van der Waals surface area contributed by atoms with E-state index in [4.69, 9.17) is 28.2 Å². The first-order valence-corrected chi connectivity index (χ1v) is 10.0. The molecule has 4 nitrogen and oxygen atoms in total. The monoisotopic (exact) mass is 513 g/mol. The minimum Gasteiger partial charge on any atom is -0.459 e. The van der Waals surface area contributed by atoms with Gasteiger partial charge in [-0.25, -0.2) is 4.98 Å². The lowest BCUT2D eigenvalue weighted by molar-refractivity contribution is 0.516. The van der Waals surface area contributed by atoms with Crippen LogP contribution >= 0.6 is 55.7 Å². The van der Waals surface area contributed by atoms with Gasteiger partial charge in [-0.05, 0) is 93.0 Å². The van der Waals surface area contributed by atoms with E-state index in [9.17, 15) is 0 Å². The SMILES string of the molecule is Cc1c(Br)cnc(NC(=S)NCc2ccc(-c3ccc(Cl)cc3)o2)c1Br. The molecule has 0 atom stereocenters. The van der Waals surface area contributed by atoms with E-state index < -0.39 is 0 Å². The molecule has 8 heteroatoms. The van der Waals surface area contributed by atoms with Gasteiger partial charge in [0, 0.05) is 21.3 Å². The molecular formula is C18H14Br2ClN3OS. The maximum atomic E-state index is 5.91. The van der Waals surface area contributed by atoms with Crippen molar-refractivity contribution in [2.75, 3.05) is 5.32 Å². The Hall–Kier alpha value is -1.41. The summed E-state index contributed by atoms with van der Waals surface area (Å²) in [4.78, 5) is 4.32. The Labute approximate surface area is 178 Å². The van der Waals surface area contributed by atoms with Crippen molar-refractivity contribution in [2.24, 2.45) is 0 Å². The fraction of sp³-hybridized carbons (Fsp3) is 0.111. The molecule has 0 aliphatic carbocycles. The second-order valence-electron chi connectivity index (χ2n) is 5.47. The van der Waals surface area contributed by atoms with Gasteiger partial charge in [0.1, 0.15) is 17.3 Å². The second-order valence-corrected chi connectivity index (χ2v) is 7.97. The summed E-state index contributed by atoms with van der Waals surface area (Å²) < 4.78 is 7.63. The zero-order valence-corrected chi connectivity index (χ0v) is 18.4. The van der Waals surface area contributed by atoms with Crippen LogP contribution in [0, 0.1) is 6.92 Å². The highest BCUT2D eigenvalue weighted by Gasteiger charge is 2.10. The van der Waals surface area contributed by atoms with Crippen LogP contribution in [0.15, 0.2) is 56.0 Å². The van der Waals surface area contributed by atoms with E-state index >= 15 is 0 Å². The molecule has 3 rings (SSSR count). The summed E-state index contributed by atoms with van der Waals surface area (Å²) in [7, 11) is 0. The number of benzene rings is 1. The maximum Gasteiger partial charge on any atom is 0.172 e. The highest BCUT2D eigenvalue weighted by Crippen LogP contribution is 2.29. The molecule has 0 fully saturated rings. The Balaban J connectivity index is 1.60. The first-order chi connectivity index (χ1) is 12.4. The highest BCUT2D eigenvalue weighted by atomic mass is 79.9. The van der Waals surface area contributed by atoms with Crippen LogP contribution in [0.3, 0.4) is 0 Å². The van der Waals surface area contributed by atoms with Gasteiger partial charge >= 0.3 is 0 Å². The number of aromatic nitrogens is 1. The van der Waals surface area contributed by atoms with Crippen molar-refractivity contribution in [3.63, 3.8) is 0 Å². The molecule has 0 radical (unpaired) electrons. The molecule has 134 valence electrons. The van der Waals surface area contributed by atoms with Crippen molar-refractivity contribution >= 4 is 66.6 Å². The number of rotatable bonds is 4. The third-order valence-electron chi connectivity index (χ3n) is 3.65. The molecule has 2 aromatic heterocycles. The molecule has 0 aliphatic rings. The van der Waals surface area contributed by atoms with Gasteiger partial charge in [0.15, 0.2) is 5.11 Å². The fourth-order valence-electron chi connectivity index (χ4n) is 2.21. The first kappa shape index (κ1) is 19.4. The van der Waals surface area contributed by atoms with Crippen LogP contribution in [0.2, 0.25) is 5.02 Å². The Kier molecular flexibility index (Phi) is 6.34. The number of anilines is 1. The number of thiocarbonyl (C=S) groups is 1. The van der Waals surface area contributed by atoms with Crippen molar-refractivity contribution in [3.8, 4) is 11.3 Å². The van der Waals surface area contributed by atoms with Gasteiger partial charge in [-0.3, -0.25) is 0 Å². The van der Waals surface area contributed by atoms with Crippen LogP contribution in [0.25, 0.3) is 11.3 Å². The molecule has 3 aromatic rings. The average molecular weight is 516 g/mol. The van der Waals surface area contributed by atoms with E-state index in [1.807, 2.05) is 43.3 Å². The predicted octanol–water partition coefficient (Wildman–Crippen LogP) is 6.32. The molecule has 0 saturated carbocycles. The van der Waals surface area contributed by atoms with Gasteiger partial charge in [-0.15, -0.1) is 0 Å². The molecule has 0 amide bonds. The van der Waals surface area contributed by atoms with Gasteiger partial charge in [-0.2, -0.15) is 0 Å². The lowest BCUT2D eigenvalue weighted by Crippen LogP contribution is -2.28. The van der Waals surface area contributed by atoms with Gasteiger partial charge in [0.25, 0.3) is 0 Å². The van der Waals surface area contributed by atoms with Crippen molar-refractivity contribution in [1.29, 1.82) is 0 Å². The summed E-state index contributed by atoms with van der Waals surface area (Å²) in [5.41, 5.74) is 2.02. The van der Waals surface area contributed by atoms with Gasteiger partial charge in [-0.1, -0.05) is 11.6 Å². The van der Waals surface area contributed by atoms with Crippen LogP contribution in [-0.4, -0.2) is 10.1 Å². The summed E-state index contributed by atoms with van der Waals surface area (Å²) in [6.07, 6.45) is 1.73. The standard InChI is InChI=1S/C18H14Br2ClN3OS/c1-10-14(19)9-22-17(16(10)20)24-18(26)23-8-13-6-7-15(25-13)11-2-4-12(21)5-3-11/h2-7,9H,8H2,1H3,(H2,22,23,24,26). The minimum atomic E-state index is 0.462. The summed E-state index contributed by atoms with van der Waals surface area (Å²) in [6, 6.07) is 11.3. The van der Waals surface area contributed by atoms with Crippen LogP contribution in [0.1, 0.15) is 11.3 Å². The average Bonchev–Trinajstić information content (AvgIpc) is 3.10. The molecular weight excluding hydrogens is 502 g/mol. The predicted molar refractivity (Wildman–Crippen MR) is 117 cm³/mol. The smallest absolute Gasteiger partial charge is 0.172 e. The molecule has 0 bridgehead atoms. The number of hydrogen-bond donors (Lipinski definition) is 2. The van der Waals surface area contributed by atoms with Crippen LogP contribution in [0.5, 0.6) is 0 Å². The molecule has 2 N–H and O–H groups in total. The molecule has 0 saturated heterocycles. The number of furan rings is 1. The Morgan fingerprint density at radius 1 is 1.19 bits per heavy atom. The minimum absolute atomic E-state index is 0.462. The van der Waals surface area contributed by atoms with Crippen molar-refractivity contribution < 1.29 is 4.42 Å². The third-order valence-corrected chi connectivity index (χ3v) is 5.92. The summed E-state index contributed by atoms with van der Waals surface area (Å²) in [5.74, 6) is 2.22. The lowest BCUT2D eigenvalue weighted by Gasteiger charge is -2.12.